The van der Waals surface area contributed by atoms with Crippen molar-refractivity contribution in [2.24, 2.45) is 4.99 Å². The van der Waals surface area contributed by atoms with Gasteiger partial charge in [-0.1, -0.05) is 30.3 Å². The highest BCUT2D eigenvalue weighted by molar-refractivity contribution is 6.09. The van der Waals surface area contributed by atoms with Crippen molar-refractivity contribution in [1.82, 2.24) is 5.32 Å². The molecule has 3 rings (SSSR count). The molecule has 0 saturated carbocycles. The molecule has 1 unspecified atom stereocenters. The number of nitrogens with zero attached hydrogens (tertiary/aromatic N) is 1. The van der Waals surface area contributed by atoms with Crippen LogP contribution in [0.15, 0.2) is 53.5 Å². The fraction of sp³-hybridized carbons (Fsp3) is 0.176. The van der Waals surface area contributed by atoms with E-state index in [-0.39, 0.29) is 18.0 Å². The number of aliphatic imine (C=N–C) groups is 1. The first-order valence-electron chi connectivity index (χ1n) is 6.96. The highest BCUT2D eigenvalue weighted by Gasteiger charge is 2.22. The van der Waals surface area contributed by atoms with E-state index in [9.17, 15) is 13.6 Å². The number of hydrogen-bond acceptors (Lipinski definition) is 3. The number of ketones is 1. The van der Waals surface area contributed by atoms with E-state index in [0.29, 0.717) is 18.4 Å². The highest BCUT2D eigenvalue weighted by atomic mass is 19.1. The van der Waals surface area contributed by atoms with Gasteiger partial charge >= 0.3 is 0 Å². The van der Waals surface area contributed by atoms with Crippen LogP contribution >= 0.6 is 0 Å². The minimum absolute atomic E-state index is 0.0219. The average Bonchev–Trinajstić information content (AvgIpc) is 2.96. The van der Waals surface area contributed by atoms with Crippen LogP contribution in [-0.2, 0) is 0 Å². The number of rotatable bonds is 4. The van der Waals surface area contributed by atoms with Gasteiger partial charge in [0.2, 0.25) is 0 Å². The first-order chi connectivity index (χ1) is 10.6. The fourth-order valence-corrected chi connectivity index (χ4v) is 2.44. The molecular weight excluding hydrogens is 286 g/mol. The summed E-state index contributed by atoms with van der Waals surface area (Å²) in [6.07, 6.45) is -0.0219. The standard InChI is InChI=1S/C17H14F2N2O/c18-12-6-7-13(14(19)8-12)16(22)9-17-20-10-15(21-17)11-4-2-1-3-5-11/h1-8,15H,9-10H2,(H,20,21). The van der Waals surface area contributed by atoms with Crippen molar-refractivity contribution in [2.75, 3.05) is 6.54 Å². The van der Waals surface area contributed by atoms with Gasteiger partial charge in [0.1, 0.15) is 17.5 Å². The number of hydrogen-bond donors (Lipinski definition) is 1. The second kappa shape index (κ2) is 6.05. The van der Waals surface area contributed by atoms with E-state index in [1.807, 2.05) is 30.3 Å². The number of Topliss-reactive ketones (excluding diaryl/α,β-unsaturated/α-hetero) is 1. The lowest BCUT2D eigenvalue weighted by Gasteiger charge is -2.12. The van der Waals surface area contributed by atoms with Gasteiger partial charge in [0.25, 0.3) is 0 Å². The zero-order chi connectivity index (χ0) is 15.5. The van der Waals surface area contributed by atoms with Crippen molar-refractivity contribution in [3.05, 3.63) is 71.3 Å². The van der Waals surface area contributed by atoms with Gasteiger partial charge in [-0.3, -0.25) is 9.79 Å². The molecule has 2 aromatic carbocycles. The molecule has 0 radical (unpaired) electrons. The second-order valence-corrected chi connectivity index (χ2v) is 5.12. The van der Waals surface area contributed by atoms with Crippen molar-refractivity contribution >= 4 is 11.6 Å². The number of carbonyl (C=O) groups is 1. The van der Waals surface area contributed by atoms with Gasteiger partial charge in [-0.15, -0.1) is 0 Å². The third kappa shape index (κ3) is 3.03. The Balaban J connectivity index is 1.66. The molecule has 1 aliphatic heterocycles. The van der Waals surface area contributed by atoms with Crippen LogP contribution in [0.1, 0.15) is 28.4 Å². The van der Waals surface area contributed by atoms with Gasteiger partial charge < -0.3 is 5.32 Å². The van der Waals surface area contributed by atoms with E-state index in [2.05, 4.69) is 10.3 Å². The van der Waals surface area contributed by atoms with E-state index < -0.39 is 17.4 Å². The number of halogens is 2. The molecule has 1 N–H and O–H groups in total. The van der Waals surface area contributed by atoms with E-state index in [1.165, 1.54) is 0 Å². The third-order valence-electron chi connectivity index (χ3n) is 3.57. The third-order valence-corrected chi connectivity index (χ3v) is 3.57. The van der Waals surface area contributed by atoms with Crippen molar-refractivity contribution in [2.45, 2.75) is 12.5 Å². The van der Waals surface area contributed by atoms with Gasteiger partial charge in [0.05, 0.1) is 24.6 Å². The number of carbonyl (C=O) groups excluding carboxylic acids is 1. The molecule has 2 aromatic rings. The largest absolute Gasteiger partial charge is 0.365 e. The van der Waals surface area contributed by atoms with Crippen molar-refractivity contribution in [3.63, 3.8) is 0 Å². The SMILES string of the molecule is O=C(CC1=NCC(c2ccccc2)N1)c1ccc(F)cc1F. The normalized spacial score (nSPS) is 17.0. The summed E-state index contributed by atoms with van der Waals surface area (Å²) in [7, 11) is 0. The molecule has 5 heteroatoms. The van der Waals surface area contributed by atoms with E-state index in [1.54, 1.807) is 0 Å². The van der Waals surface area contributed by atoms with Gasteiger partial charge in [0, 0.05) is 6.07 Å². The molecule has 1 heterocycles. The first-order valence-corrected chi connectivity index (χ1v) is 6.96. The van der Waals surface area contributed by atoms with Crippen LogP contribution in [0.3, 0.4) is 0 Å². The number of nitrogens with one attached hydrogen (secondary N) is 1. The van der Waals surface area contributed by atoms with Gasteiger partial charge in [-0.25, -0.2) is 8.78 Å². The summed E-state index contributed by atoms with van der Waals surface area (Å²) in [5, 5.41) is 3.17. The summed E-state index contributed by atoms with van der Waals surface area (Å²) in [6, 6.07) is 12.8. The minimum atomic E-state index is -0.844. The Bertz CT molecular complexity index is 729. The van der Waals surface area contributed by atoms with Gasteiger partial charge in [-0.2, -0.15) is 0 Å². The summed E-state index contributed by atoms with van der Waals surface area (Å²) < 4.78 is 26.5. The molecule has 0 spiro atoms. The fourth-order valence-electron chi connectivity index (χ4n) is 2.44. The molecule has 0 saturated heterocycles. The molecule has 112 valence electrons. The average molecular weight is 300 g/mol. The first kappa shape index (κ1) is 14.4. The van der Waals surface area contributed by atoms with Crippen LogP contribution in [0.2, 0.25) is 0 Å². The number of benzene rings is 2. The Hall–Kier alpha value is -2.56. The molecule has 0 bridgehead atoms. The Labute approximate surface area is 126 Å². The smallest absolute Gasteiger partial charge is 0.173 e. The van der Waals surface area contributed by atoms with Gasteiger partial charge in [-0.05, 0) is 17.7 Å². The minimum Gasteiger partial charge on any atom is -0.365 e. The summed E-state index contributed by atoms with van der Waals surface area (Å²) >= 11 is 0. The molecule has 1 atom stereocenters. The van der Waals surface area contributed by atoms with Crippen LogP contribution in [0.4, 0.5) is 8.78 Å². The molecule has 0 amide bonds. The van der Waals surface area contributed by atoms with E-state index in [4.69, 9.17) is 0 Å². The maximum absolute atomic E-state index is 13.6. The lowest BCUT2D eigenvalue weighted by atomic mass is 10.1. The molecule has 22 heavy (non-hydrogen) atoms. The Kier molecular flexibility index (Phi) is 3.96. The zero-order valence-corrected chi connectivity index (χ0v) is 11.7. The summed E-state index contributed by atoms with van der Waals surface area (Å²) in [5.74, 6) is -1.43. The van der Waals surface area contributed by atoms with Crippen molar-refractivity contribution in [3.8, 4) is 0 Å². The molecule has 0 aromatic heterocycles. The maximum atomic E-state index is 13.6. The maximum Gasteiger partial charge on any atom is 0.173 e. The highest BCUT2D eigenvalue weighted by Crippen LogP contribution is 2.19. The van der Waals surface area contributed by atoms with Crippen LogP contribution in [-0.4, -0.2) is 18.2 Å². The predicted molar refractivity (Wildman–Crippen MR) is 79.9 cm³/mol. The predicted octanol–water partition coefficient (Wildman–Crippen LogP) is 3.28. The van der Waals surface area contributed by atoms with Crippen LogP contribution in [0.5, 0.6) is 0 Å². The van der Waals surface area contributed by atoms with Crippen LogP contribution in [0.25, 0.3) is 0 Å². The van der Waals surface area contributed by atoms with Crippen LogP contribution < -0.4 is 5.32 Å². The van der Waals surface area contributed by atoms with E-state index >= 15 is 0 Å². The van der Waals surface area contributed by atoms with E-state index in [0.717, 1.165) is 17.7 Å². The molecule has 0 aliphatic carbocycles. The quantitative estimate of drug-likeness (QED) is 0.880. The zero-order valence-electron chi connectivity index (χ0n) is 11.7. The Morgan fingerprint density at radius 1 is 1.18 bits per heavy atom. The van der Waals surface area contributed by atoms with Crippen molar-refractivity contribution < 1.29 is 13.6 Å². The summed E-state index contributed by atoms with van der Waals surface area (Å²) in [6.45, 7) is 0.540. The van der Waals surface area contributed by atoms with Crippen molar-refractivity contribution in [1.29, 1.82) is 0 Å². The van der Waals surface area contributed by atoms with Crippen LogP contribution in [0, 0.1) is 11.6 Å². The lowest BCUT2D eigenvalue weighted by molar-refractivity contribution is 0.0996. The molecule has 1 aliphatic rings. The molecule has 0 fully saturated rings. The number of amidine groups is 1. The lowest BCUT2D eigenvalue weighted by Crippen LogP contribution is -2.25. The van der Waals surface area contributed by atoms with Gasteiger partial charge in [0.15, 0.2) is 5.78 Å². The second-order valence-electron chi connectivity index (χ2n) is 5.12. The topological polar surface area (TPSA) is 41.5 Å². The summed E-state index contributed by atoms with van der Waals surface area (Å²) in [4.78, 5) is 16.4. The molecule has 3 nitrogen and oxygen atoms in total. The Morgan fingerprint density at radius 2 is 1.95 bits per heavy atom. The molecular formula is C17H14F2N2O. The monoisotopic (exact) mass is 300 g/mol. The Morgan fingerprint density at radius 3 is 2.68 bits per heavy atom. The summed E-state index contributed by atoms with van der Waals surface area (Å²) in [5.41, 5.74) is 0.968.